The number of fused-ring (bicyclic) bond motifs is 1. The van der Waals surface area contributed by atoms with E-state index in [0.717, 1.165) is 43.2 Å². The Bertz CT molecular complexity index is 1130. The van der Waals surface area contributed by atoms with Crippen molar-refractivity contribution in [1.82, 2.24) is 9.58 Å². The number of aromatic nitrogens is 1. The van der Waals surface area contributed by atoms with E-state index in [-0.39, 0.29) is 0 Å². The van der Waals surface area contributed by atoms with Gasteiger partial charge >= 0.3 is 0 Å². The van der Waals surface area contributed by atoms with Gasteiger partial charge in [0.1, 0.15) is 0 Å². The maximum absolute atomic E-state index is 5.46. The number of para-hydroxylation sites is 2. The zero-order valence-corrected chi connectivity index (χ0v) is 16.2. The zero-order valence-electron chi connectivity index (χ0n) is 16.2. The summed E-state index contributed by atoms with van der Waals surface area (Å²) in [5, 5.41) is 8.10. The van der Waals surface area contributed by atoms with E-state index in [9.17, 15) is 0 Å². The van der Waals surface area contributed by atoms with Crippen LogP contribution in [-0.2, 0) is 4.74 Å². The van der Waals surface area contributed by atoms with Gasteiger partial charge in [0.2, 0.25) is 0 Å². The summed E-state index contributed by atoms with van der Waals surface area (Å²) in [6, 6.07) is 29.7. The van der Waals surface area contributed by atoms with Gasteiger partial charge in [0.05, 0.1) is 43.7 Å². The van der Waals surface area contributed by atoms with Gasteiger partial charge in [-0.05, 0) is 23.8 Å². The zero-order chi connectivity index (χ0) is 19.5. The second-order valence-corrected chi connectivity index (χ2v) is 7.13. The van der Waals surface area contributed by atoms with Gasteiger partial charge in [-0.1, -0.05) is 66.7 Å². The molecule has 0 spiro atoms. The molecule has 3 aromatic carbocycles. The molecule has 1 aliphatic rings. The molecule has 1 aliphatic heterocycles. The molecule has 0 atom stereocenters. The summed E-state index contributed by atoms with van der Waals surface area (Å²) in [7, 11) is 0. The Kier molecular flexibility index (Phi) is 4.85. The largest absolute Gasteiger partial charge is 0.378 e. The summed E-state index contributed by atoms with van der Waals surface area (Å²) in [5.41, 5.74) is 5.81. The Morgan fingerprint density at radius 2 is 1.41 bits per heavy atom. The summed E-state index contributed by atoms with van der Waals surface area (Å²) < 4.78 is 7.80. The third-order valence-corrected chi connectivity index (χ3v) is 5.31. The fraction of sp³-hybridized carbons (Fsp3) is 0.160. The topological polar surface area (TPSA) is 29.8 Å². The molecule has 29 heavy (non-hydrogen) atoms. The number of benzene rings is 3. The highest BCUT2D eigenvalue weighted by Crippen LogP contribution is 2.35. The normalized spacial score (nSPS) is 14.7. The minimum atomic E-state index is 0.731. The molecule has 4 nitrogen and oxygen atoms in total. The SMILES string of the molecule is C(=N/N1CCOCC1)/c1c(-c2ccccc2)n(-c2ccccc2)c2ccccc12. The van der Waals surface area contributed by atoms with Gasteiger partial charge in [-0.3, -0.25) is 5.01 Å². The number of rotatable bonds is 4. The van der Waals surface area contributed by atoms with Gasteiger partial charge in [0.25, 0.3) is 0 Å². The van der Waals surface area contributed by atoms with Crippen LogP contribution in [0.2, 0.25) is 0 Å². The first-order valence-electron chi connectivity index (χ1n) is 10.0. The smallest absolute Gasteiger partial charge is 0.0659 e. The predicted octanol–water partition coefficient (Wildman–Crippen LogP) is 4.96. The molecule has 144 valence electrons. The van der Waals surface area contributed by atoms with Crippen molar-refractivity contribution in [3.05, 3.63) is 90.5 Å². The highest BCUT2D eigenvalue weighted by atomic mass is 16.5. The van der Waals surface area contributed by atoms with Gasteiger partial charge < -0.3 is 9.30 Å². The summed E-state index contributed by atoms with van der Waals surface area (Å²) in [4.78, 5) is 0. The molecular weight excluding hydrogens is 358 g/mol. The quantitative estimate of drug-likeness (QED) is 0.468. The van der Waals surface area contributed by atoms with Crippen LogP contribution in [0.25, 0.3) is 27.8 Å². The van der Waals surface area contributed by atoms with E-state index in [4.69, 9.17) is 9.84 Å². The number of morpholine rings is 1. The van der Waals surface area contributed by atoms with Crippen molar-refractivity contribution >= 4 is 17.1 Å². The molecule has 0 bridgehead atoms. The summed E-state index contributed by atoms with van der Waals surface area (Å²) >= 11 is 0. The second-order valence-electron chi connectivity index (χ2n) is 7.13. The first kappa shape index (κ1) is 17.7. The van der Waals surface area contributed by atoms with Crippen molar-refractivity contribution in [2.75, 3.05) is 26.3 Å². The average Bonchev–Trinajstić information content (AvgIpc) is 3.14. The van der Waals surface area contributed by atoms with E-state index in [2.05, 4.69) is 94.5 Å². The molecule has 0 saturated carbocycles. The van der Waals surface area contributed by atoms with Crippen LogP contribution in [0.15, 0.2) is 90.0 Å². The number of ether oxygens (including phenoxy) is 1. The van der Waals surface area contributed by atoms with Crippen LogP contribution in [0.5, 0.6) is 0 Å². The molecule has 0 aliphatic carbocycles. The van der Waals surface area contributed by atoms with E-state index in [1.807, 2.05) is 6.21 Å². The maximum Gasteiger partial charge on any atom is 0.0659 e. The van der Waals surface area contributed by atoms with Crippen LogP contribution >= 0.6 is 0 Å². The first-order valence-corrected chi connectivity index (χ1v) is 10.0. The van der Waals surface area contributed by atoms with Crippen molar-refractivity contribution in [3.8, 4) is 16.9 Å². The van der Waals surface area contributed by atoms with Crippen LogP contribution in [0.1, 0.15) is 5.56 Å². The summed E-state index contributed by atoms with van der Waals surface area (Å²) in [5.74, 6) is 0. The van der Waals surface area contributed by atoms with Crippen molar-refractivity contribution in [2.24, 2.45) is 5.10 Å². The lowest BCUT2D eigenvalue weighted by Crippen LogP contribution is -2.32. The Hall–Kier alpha value is -3.37. The molecular formula is C25H23N3O. The van der Waals surface area contributed by atoms with E-state index in [1.54, 1.807) is 0 Å². The number of nitrogens with zero attached hydrogens (tertiary/aromatic N) is 3. The molecule has 0 unspecified atom stereocenters. The van der Waals surface area contributed by atoms with Crippen LogP contribution in [-0.4, -0.2) is 42.1 Å². The monoisotopic (exact) mass is 381 g/mol. The van der Waals surface area contributed by atoms with Gasteiger partial charge in [0.15, 0.2) is 0 Å². The molecule has 0 amide bonds. The Labute approximate surface area is 170 Å². The highest BCUT2D eigenvalue weighted by molar-refractivity contribution is 6.07. The van der Waals surface area contributed by atoms with Crippen LogP contribution < -0.4 is 0 Å². The van der Waals surface area contributed by atoms with Crippen molar-refractivity contribution in [1.29, 1.82) is 0 Å². The van der Waals surface area contributed by atoms with E-state index in [0.29, 0.717) is 0 Å². The average molecular weight is 381 g/mol. The fourth-order valence-corrected chi connectivity index (χ4v) is 3.93. The molecule has 1 fully saturated rings. The summed E-state index contributed by atoms with van der Waals surface area (Å²) in [6.07, 6.45) is 2.02. The minimum Gasteiger partial charge on any atom is -0.378 e. The Balaban J connectivity index is 1.76. The van der Waals surface area contributed by atoms with Gasteiger partial charge in [-0.2, -0.15) is 5.10 Å². The van der Waals surface area contributed by atoms with Gasteiger partial charge in [-0.25, -0.2) is 0 Å². The minimum absolute atomic E-state index is 0.731. The standard InChI is InChI=1S/C25H23N3O/c1-3-9-20(10-4-1)25-23(19-26-27-15-17-29-18-16-27)22-13-7-8-14-24(22)28(25)21-11-5-2-6-12-21/h1-14,19H,15-18H2/b26-19-. The molecule has 4 heteroatoms. The van der Waals surface area contributed by atoms with Crippen LogP contribution in [0.3, 0.4) is 0 Å². The van der Waals surface area contributed by atoms with Crippen molar-refractivity contribution in [3.63, 3.8) is 0 Å². The van der Waals surface area contributed by atoms with Crippen LogP contribution in [0, 0.1) is 0 Å². The van der Waals surface area contributed by atoms with Crippen molar-refractivity contribution < 1.29 is 4.74 Å². The van der Waals surface area contributed by atoms with Crippen molar-refractivity contribution in [2.45, 2.75) is 0 Å². The Morgan fingerprint density at radius 3 is 2.17 bits per heavy atom. The fourth-order valence-electron chi connectivity index (χ4n) is 3.93. The molecule has 1 saturated heterocycles. The lowest BCUT2D eigenvalue weighted by molar-refractivity contribution is 0.0397. The highest BCUT2D eigenvalue weighted by Gasteiger charge is 2.19. The lowest BCUT2D eigenvalue weighted by atomic mass is 10.1. The first-order chi connectivity index (χ1) is 14.4. The predicted molar refractivity (Wildman–Crippen MR) is 119 cm³/mol. The number of hydrazone groups is 1. The van der Waals surface area contributed by atoms with Gasteiger partial charge in [0, 0.05) is 16.6 Å². The molecule has 0 N–H and O–H groups in total. The maximum atomic E-state index is 5.46. The van der Waals surface area contributed by atoms with E-state index in [1.165, 1.54) is 16.5 Å². The van der Waals surface area contributed by atoms with Gasteiger partial charge in [-0.15, -0.1) is 0 Å². The molecule has 2 heterocycles. The number of hydrogen-bond acceptors (Lipinski definition) is 3. The molecule has 5 rings (SSSR count). The molecule has 4 aromatic rings. The van der Waals surface area contributed by atoms with E-state index < -0.39 is 0 Å². The second kappa shape index (κ2) is 7.94. The third kappa shape index (κ3) is 3.43. The Morgan fingerprint density at radius 1 is 0.759 bits per heavy atom. The molecule has 1 aromatic heterocycles. The summed E-state index contributed by atoms with van der Waals surface area (Å²) in [6.45, 7) is 3.12. The number of hydrogen-bond donors (Lipinski definition) is 0. The lowest BCUT2D eigenvalue weighted by Gasteiger charge is -2.23. The van der Waals surface area contributed by atoms with E-state index >= 15 is 0 Å². The molecule has 0 radical (unpaired) electrons. The third-order valence-electron chi connectivity index (χ3n) is 5.31. The van der Waals surface area contributed by atoms with Crippen LogP contribution in [0.4, 0.5) is 0 Å².